The van der Waals surface area contributed by atoms with Gasteiger partial charge in [-0.3, -0.25) is 0 Å². The number of hydrogen-bond donors (Lipinski definition) is 0. The molecule has 0 saturated heterocycles. The van der Waals surface area contributed by atoms with Crippen molar-refractivity contribution in [2.75, 3.05) is 0 Å². The standard InChI is InChI=1S/Al.Cr.OSi.2O/c;;1-2;;/q2*+3;+2;2*-2. The zero-order chi connectivity index (χ0) is 2.00. The molecule has 0 unspecified atom stereocenters. The molecule has 0 amide bonds. The number of rotatable bonds is 0. The Kier molecular flexibility index (Phi) is 1570. The Morgan fingerprint density at radius 3 is 1.00 bits per heavy atom. The van der Waals surface area contributed by atoms with Gasteiger partial charge in [0.25, 0.3) is 0 Å². The molecule has 1 radical (unpaired) electrons. The maximum atomic E-state index is 8.06. The first-order valence-corrected chi connectivity index (χ1v) is 0.612. The molecule has 0 fully saturated rings. The third-order valence-electron chi connectivity index (χ3n) is 0. The van der Waals surface area contributed by atoms with Crippen LogP contribution in [-0.2, 0) is 32.8 Å². The molecule has 3 nitrogen and oxygen atoms in total. The van der Waals surface area contributed by atoms with Crippen molar-refractivity contribution in [3.05, 3.63) is 0 Å². The first kappa shape index (κ1) is 62.9. The predicted octanol–water partition coefficient (Wildman–Crippen LogP) is -1.12. The Morgan fingerprint density at radius 2 is 1.00 bits per heavy atom. The topological polar surface area (TPSA) is 74.1 Å². The van der Waals surface area contributed by atoms with Gasteiger partial charge in [0, 0.05) is 0 Å². The molecule has 6 heavy (non-hydrogen) atoms. The van der Waals surface area contributed by atoms with Crippen molar-refractivity contribution in [3.8, 4) is 0 Å². The Bertz CT molecular complexity index is 10.8. The predicted molar refractivity (Wildman–Crippen MR) is 13.6 cm³/mol. The quantitative estimate of drug-likeness (QED) is 0.408. The summed E-state index contributed by atoms with van der Waals surface area (Å²) in [5, 5.41) is 0. The second-order valence-electron chi connectivity index (χ2n) is 0. The van der Waals surface area contributed by atoms with E-state index in [9.17, 15) is 0 Å². The van der Waals surface area contributed by atoms with Gasteiger partial charge in [0.1, 0.15) is 0 Å². The second kappa shape index (κ2) is 150. The fourth-order valence-corrected chi connectivity index (χ4v) is 0. The molecule has 27 valence electrons. The van der Waals surface area contributed by atoms with Gasteiger partial charge in [-0.25, -0.2) is 0 Å². The van der Waals surface area contributed by atoms with Crippen molar-refractivity contribution in [2.24, 2.45) is 0 Å². The van der Waals surface area contributed by atoms with Crippen LogP contribution in [-0.4, -0.2) is 27.5 Å². The van der Waals surface area contributed by atoms with E-state index in [1.54, 1.807) is 10.1 Å². The molecule has 0 heterocycles. The molecular formula is AlCrO3Si+4. The third-order valence-corrected chi connectivity index (χ3v) is 0. The molecule has 0 aliphatic carbocycles. The van der Waals surface area contributed by atoms with Gasteiger partial charge in [-0.2, -0.15) is 0 Å². The monoisotopic (exact) mass is 155 g/mol. The molecule has 0 atom stereocenters. The minimum absolute atomic E-state index is 0. The Hall–Kier alpha value is 1.00. The van der Waals surface area contributed by atoms with Crippen molar-refractivity contribution in [2.45, 2.75) is 0 Å². The van der Waals surface area contributed by atoms with Crippen molar-refractivity contribution < 1.29 is 32.8 Å². The summed E-state index contributed by atoms with van der Waals surface area (Å²) < 4.78 is 8.06. The van der Waals surface area contributed by atoms with Crippen LogP contribution < -0.4 is 0 Å². The molecule has 6 heteroatoms. The van der Waals surface area contributed by atoms with Crippen LogP contribution in [0.2, 0.25) is 0 Å². The van der Waals surface area contributed by atoms with Gasteiger partial charge in [0.15, 0.2) is 0 Å². The van der Waals surface area contributed by atoms with Crippen LogP contribution in [0.5, 0.6) is 0 Å². The summed E-state index contributed by atoms with van der Waals surface area (Å²) in [7, 11) is 1.72. The Morgan fingerprint density at radius 1 is 1.00 bits per heavy atom. The van der Waals surface area contributed by atoms with Crippen LogP contribution in [0.15, 0.2) is 0 Å². The van der Waals surface area contributed by atoms with Crippen molar-refractivity contribution in [3.63, 3.8) is 0 Å². The zero-order valence-electron chi connectivity index (χ0n) is 2.71. The van der Waals surface area contributed by atoms with Crippen molar-refractivity contribution in [1.82, 2.24) is 0 Å². The maximum absolute atomic E-state index is 8.06. The molecule has 0 rings (SSSR count). The summed E-state index contributed by atoms with van der Waals surface area (Å²) in [4.78, 5) is 0. The van der Waals surface area contributed by atoms with Crippen molar-refractivity contribution in [1.29, 1.82) is 0 Å². The first-order valence-electron chi connectivity index (χ1n) is 0.204. The van der Waals surface area contributed by atoms with Gasteiger partial charge in [-0.05, 0) is 0 Å². The van der Waals surface area contributed by atoms with Gasteiger partial charge in [-0.15, -0.1) is 0 Å². The zero-order valence-corrected chi connectivity index (χ0v) is 6.14. The van der Waals surface area contributed by atoms with Crippen LogP contribution in [0.4, 0.5) is 0 Å². The van der Waals surface area contributed by atoms with Gasteiger partial charge >= 0.3 is 49.3 Å². The molecule has 0 saturated carbocycles. The van der Waals surface area contributed by atoms with E-state index in [1.165, 1.54) is 0 Å². The molecule has 0 aliphatic rings. The first-order chi connectivity index (χ1) is 1.00. The molecule has 0 aromatic rings. The van der Waals surface area contributed by atoms with E-state index in [-0.39, 0.29) is 45.7 Å². The summed E-state index contributed by atoms with van der Waals surface area (Å²) in [6.07, 6.45) is 0. The van der Waals surface area contributed by atoms with Crippen LogP contribution in [0, 0.1) is 0 Å². The molecule has 0 bridgehead atoms. The summed E-state index contributed by atoms with van der Waals surface area (Å²) in [6, 6.07) is 0. The Labute approximate surface area is 60.5 Å². The average Bonchev–Trinajstić information content (AvgIpc) is 1.00. The Balaban J connectivity index is -0.000000000833. The van der Waals surface area contributed by atoms with Crippen LogP contribution in [0.25, 0.3) is 0 Å². The third kappa shape index (κ3) is 79.8. The van der Waals surface area contributed by atoms with Gasteiger partial charge < -0.3 is 11.0 Å². The average molecular weight is 155 g/mol. The minimum Gasteiger partial charge on any atom is -2.00 e. The minimum atomic E-state index is 0. The maximum Gasteiger partial charge on any atom is 3.00 e. The SMILES string of the molecule is O=[Si+2].[Al+3].[Cr+3].[O-2].[O-2]. The fraction of sp³-hybridized carbons (Fsp3) is 0. The summed E-state index contributed by atoms with van der Waals surface area (Å²) >= 11 is 0. The summed E-state index contributed by atoms with van der Waals surface area (Å²) in [6.45, 7) is 0. The fourth-order valence-electron chi connectivity index (χ4n) is 0. The van der Waals surface area contributed by atoms with Crippen LogP contribution >= 0.6 is 0 Å². The van der Waals surface area contributed by atoms with E-state index in [0.29, 0.717) is 0 Å². The van der Waals surface area contributed by atoms with Crippen molar-refractivity contribution >= 4 is 27.5 Å². The normalized spacial score (nSPS) is 1.00. The van der Waals surface area contributed by atoms with Crippen LogP contribution in [0.3, 0.4) is 0 Å². The molecule has 0 aromatic carbocycles. The molecule has 0 N–H and O–H groups in total. The van der Waals surface area contributed by atoms with E-state index in [1.807, 2.05) is 0 Å². The van der Waals surface area contributed by atoms with Crippen LogP contribution in [0.1, 0.15) is 0 Å². The molecule has 0 aromatic heterocycles. The second-order valence-corrected chi connectivity index (χ2v) is 0. The van der Waals surface area contributed by atoms with Gasteiger partial charge in [0.05, 0.1) is 0 Å². The largest absolute Gasteiger partial charge is 3.00 e. The van der Waals surface area contributed by atoms with E-state index < -0.39 is 0 Å². The number of hydrogen-bond acceptors (Lipinski definition) is 1. The molecular weight excluding hydrogens is 155 g/mol. The molecule has 0 spiro atoms. The van der Waals surface area contributed by atoms with Gasteiger partial charge in [-0.1, -0.05) is 0 Å². The van der Waals surface area contributed by atoms with E-state index in [4.69, 9.17) is 4.46 Å². The summed E-state index contributed by atoms with van der Waals surface area (Å²) in [5.41, 5.74) is 0. The van der Waals surface area contributed by atoms with Gasteiger partial charge in [0.2, 0.25) is 0 Å². The van der Waals surface area contributed by atoms with E-state index >= 15 is 0 Å². The summed E-state index contributed by atoms with van der Waals surface area (Å²) in [5.74, 6) is 0. The smallest absolute Gasteiger partial charge is 2.00 e. The molecule has 0 aliphatic heterocycles. The van der Waals surface area contributed by atoms with E-state index in [0.717, 1.165) is 0 Å². The van der Waals surface area contributed by atoms with E-state index in [2.05, 4.69) is 0 Å².